The summed E-state index contributed by atoms with van der Waals surface area (Å²) >= 11 is 3.80. The molecule has 258 valence electrons. The average Bonchev–Trinajstić information content (AvgIpc) is 3.65. The van der Waals surface area contributed by atoms with Crippen LogP contribution >= 0.6 is 5.51 Å². The fraction of sp³-hybridized carbons (Fsp3) is 0. The van der Waals surface area contributed by atoms with Crippen molar-refractivity contribution in [2.75, 3.05) is 0 Å². The van der Waals surface area contributed by atoms with Crippen molar-refractivity contribution in [1.29, 1.82) is 0 Å². The van der Waals surface area contributed by atoms with Crippen molar-refractivity contribution < 1.29 is 0 Å². The number of hydrogen-bond donors (Lipinski definition) is 0. The van der Waals surface area contributed by atoms with E-state index in [1.165, 1.54) is 70.5 Å². The summed E-state index contributed by atoms with van der Waals surface area (Å²) in [5.74, 6) is 0. The Morgan fingerprint density at radius 1 is 0.418 bits per heavy atom. The van der Waals surface area contributed by atoms with Crippen molar-refractivity contribution in [2.24, 2.45) is 0 Å². The van der Waals surface area contributed by atoms with Crippen molar-refractivity contribution in [2.45, 2.75) is 0 Å². The second-order valence-corrected chi connectivity index (χ2v) is 20.4. The molecule has 0 saturated carbocycles. The van der Waals surface area contributed by atoms with Crippen LogP contribution in [0.15, 0.2) is 200 Å². The summed E-state index contributed by atoms with van der Waals surface area (Å²) in [5, 5.41) is 12.6. The van der Waals surface area contributed by atoms with Crippen LogP contribution in [0.5, 0.6) is 0 Å². The van der Waals surface area contributed by atoms with Crippen molar-refractivity contribution in [3.63, 3.8) is 0 Å². The number of rotatable bonds is 5. The van der Waals surface area contributed by atoms with Gasteiger partial charge in [0, 0.05) is 0 Å². The molecule has 0 aliphatic carbocycles. The standard InChI is InChI=1S/C51H33N2PSe/c55-54(38-17-6-2-7-18-38,39-19-8-3-9-20-39)49-31-28-40(42-22-12-13-23-43(42)49)37-26-30-47-45(32-37)50-41-21-11-10-16-35(41)24-27-44(50)51-52-46-29-25-36(33-48(46)53(47)51)34-14-4-1-5-15-34/h1-33H. The molecule has 0 aliphatic heterocycles. The van der Waals surface area contributed by atoms with Gasteiger partial charge < -0.3 is 0 Å². The summed E-state index contributed by atoms with van der Waals surface area (Å²) in [5.41, 5.74) is 6.95. The zero-order valence-electron chi connectivity index (χ0n) is 29.8. The van der Waals surface area contributed by atoms with Gasteiger partial charge in [0.2, 0.25) is 0 Å². The van der Waals surface area contributed by atoms with E-state index in [9.17, 15) is 0 Å². The van der Waals surface area contributed by atoms with Gasteiger partial charge in [-0.25, -0.2) is 0 Å². The predicted octanol–water partition coefficient (Wildman–Crippen LogP) is 11.8. The third-order valence-corrected chi connectivity index (χ3v) is 18.2. The molecule has 2 aromatic heterocycles. The topological polar surface area (TPSA) is 17.3 Å². The van der Waals surface area contributed by atoms with Gasteiger partial charge in [-0.1, -0.05) is 42.5 Å². The Bertz CT molecular complexity index is 3290. The molecular weight excluding hydrogens is 751 g/mol. The number of hydrogen-bond acceptors (Lipinski definition) is 1. The van der Waals surface area contributed by atoms with E-state index in [0.29, 0.717) is 0 Å². The van der Waals surface area contributed by atoms with Crippen LogP contribution in [0.25, 0.3) is 82.2 Å². The molecule has 2 heterocycles. The number of imidazole rings is 1. The SMILES string of the molecule is [Se]=P(c1ccccc1)(c1ccccc1)c1ccc(-c2ccc3c(c2)c2c4ccccc4ccc2c2nc4ccc(-c5ccccc5)cc4n32)c2ccccc12. The number of aromatic nitrogens is 2. The predicted molar refractivity (Wildman–Crippen MR) is 238 cm³/mol. The van der Waals surface area contributed by atoms with Crippen LogP contribution < -0.4 is 15.9 Å². The van der Waals surface area contributed by atoms with E-state index in [0.717, 1.165) is 27.6 Å². The van der Waals surface area contributed by atoms with Crippen LogP contribution in [0.4, 0.5) is 0 Å². The Morgan fingerprint density at radius 2 is 1.05 bits per heavy atom. The molecule has 11 aromatic rings. The quantitative estimate of drug-likeness (QED) is 0.0965. The van der Waals surface area contributed by atoms with Crippen molar-refractivity contribution in [1.82, 2.24) is 9.38 Å². The van der Waals surface area contributed by atoms with Crippen LogP contribution in [0.1, 0.15) is 0 Å². The van der Waals surface area contributed by atoms with Gasteiger partial charge in [0.05, 0.1) is 0 Å². The Morgan fingerprint density at radius 3 is 1.80 bits per heavy atom. The molecule has 4 heteroatoms. The molecule has 0 atom stereocenters. The molecule has 0 aliphatic rings. The molecule has 0 N–H and O–H groups in total. The number of fused-ring (bicyclic) bond motifs is 11. The zero-order chi connectivity index (χ0) is 36.5. The first-order chi connectivity index (χ1) is 27.2. The van der Waals surface area contributed by atoms with E-state index >= 15 is 0 Å². The monoisotopic (exact) mass is 784 g/mol. The van der Waals surface area contributed by atoms with Gasteiger partial charge in [0.15, 0.2) is 0 Å². The van der Waals surface area contributed by atoms with Gasteiger partial charge in [-0.15, -0.1) is 0 Å². The number of nitrogens with zero attached hydrogens (tertiary/aromatic N) is 2. The maximum absolute atomic E-state index is 5.30. The first-order valence-corrected chi connectivity index (χ1v) is 22.7. The first-order valence-electron chi connectivity index (χ1n) is 18.7. The minimum absolute atomic E-state index is 0.984. The molecule has 0 bridgehead atoms. The summed E-state index contributed by atoms with van der Waals surface area (Å²) < 4.78 is 2.38. The van der Waals surface area contributed by atoms with E-state index in [1.807, 2.05) is 0 Å². The molecule has 55 heavy (non-hydrogen) atoms. The van der Waals surface area contributed by atoms with Crippen molar-refractivity contribution >= 4 is 96.4 Å². The molecule has 0 saturated heterocycles. The van der Waals surface area contributed by atoms with E-state index in [4.69, 9.17) is 4.98 Å². The van der Waals surface area contributed by atoms with Gasteiger partial charge in [0.25, 0.3) is 0 Å². The Hall–Kier alpha value is -6.08. The molecule has 0 fully saturated rings. The van der Waals surface area contributed by atoms with Crippen molar-refractivity contribution in [3.8, 4) is 22.3 Å². The molecule has 0 amide bonds. The van der Waals surface area contributed by atoms with Gasteiger partial charge in [0.1, 0.15) is 0 Å². The molecular formula is C51H33N2PSe. The number of pyridine rings is 1. The van der Waals surface area contributed by atoms with E-state index in [2.05, 4.69) is 220 Å². The van der Waals surface area contributed by atoms with Crippen molar-refractivity contribution in [3.05, 3.63) is 200 Å². The third-order valence-electron chi connectivity index (χ3n) is 11.2. The first kappa shape index (κ1) is 32.4. The minimum atomic E-state index is -2.09. The zero-order valence-corrected chi connectivity index (χ0v) is 32.4. The van der Waals surface area contributed by atoms with E-state index in [-0.39, 0.29) is 0 Å². The summed E-state index contributed by atoms with van der Waals surface area (Å²) in [7, 11) is 0. The average molecular weight is 784 g/mol. The molecule has 11 rings (SSSR count). The molecule has 0 unspecified atom stereocenters. The van der Waals surface area contributed by atoms with Gasteiger partial charge >= 0.3 is 269 Å². The summed E-state index contributed by atoms with van der Waals surface area (Å²) in [4.78, 5) is 5.30. The Kier molecular flexibility index (Phi) is 7.51. The third kappa shape index (κ3) is 5.02. The van der Waals surface area contributed by atoms with E-state index < -0.39 is 5.51 Å². The summed E-state index contributed by atoms with van der Waals surface area (Å²) in [6.07, 6.45) is 0. The fourth-order valence-corrected chi connectivity index (χ4v) is 14.1. The second-order valence-electron chi connectivity index (χ2n) is 14.2. The molecule has 0 spiro atoms. The van der Waals surface area contributed by atoms with Gasteiger partial charge in [-0.3, -0.25) is 0 Å². The second kappa shape index (κ2) is 12.8. The summed E-state index contributed by atoms with van der Waals surface area (Å²) in [6, 6.07) is 73.3. The van der Waals surface area contributed by atoms with Crippen LogP contribution in [0, 0.1) is 0 Å². The van der Waals surface area contributed by atoms with Crippen LogP contribution in [-0.4, -0.2) is 24.5 Å². The van der Waals surface area contributed by atoms with Gasteiger partial charge in [-0.05, 0) is 17.2 Å². The van der Waals surface area contributed by atoms with Crippen LogP contribution in [-0.2, 0) is 0 Å². The van der Waals surface area contributed by atoms with E-state index in [1.54, 1.807) is 0 Å². The van der Waals surface area contributed by atoms with Crippen LogP contribution in [0.2, 0.25) is 0 Å². The number of benzene rings is 9. The maximum atomic E-state index is 5.30. The molecule has 0 radical (unpaired) electrons. The molecule has 9 aromatic carbocycles. The normalized spacial score (nSPS) is 12.1. The molecule has 2 nitrogen and oxygen atoms in total. The summed E-state index contributed by atoms with van der Waals surface area (Å²) in [6.45, 7) is 0. The van der Waals surface area contributed by atoms with Gasteiger partial charge in [-0.2, -0.15) is 0 Å². The fourth-order valence-electron chi connectivity index (χ4n) is 8.67. The Labute approximate surface area is 326 Å². The van der Waals surface area contributed by atoms with Crippen LogP contribution in [0.3, 0.4) is 0 Å². The Balaban J connectivity index is 1.20.